The van der Waals surface area contributed by atoms with Crippen molar-refractivity contribution in [2.24, 2.45) is 0 Å². The summed E-state index contributed by atoms with van der Waals surface area (Å²) in [6.07, 6.45) is 1.08. The van der Waals surface area contributed by atoms with E-state index in [1.165, 1.54) is 6.07 Å². The van der Waals surface area contributed by atoms with E-state index in [-0.39, 0.29) is 10.9 Å². The van der Waals surface area contributed by atoms with Gasteiger partial charge in [-0.15, -0.1) is 10.2 Å². The Bertz CT molecular complexity index is 1060. The lowest BCUT2D eigenvalue weighted by molar-refractivity contribution is 0.102. The Kier molecular flexibility index (Phi) is 5.18. The number of anilines is 1. The summed E-state index contributed by atoms with van der Waals surface area (Å²) in [6.45, 7) is 0. The van der Waals surface area contributed by atoms with Crippen LogP contribution in [0.4, 0.5) is 5.69 Å². The third kappa shape index (κ3) is 4.48. The van der Waals surface area contributed by atoms with Gasteiger partial charge in [0.2, 0.25) is 0 Å². The molecule has 0 spiro atoms. The summed E-state index contributed by atoms with van der Waals surface area (Å²) < 4.78 is 28.0. The van der Waals surface area contributed by atoms with Crippen LogP contribution in [-0.2, 0) is 9.84 Å². The molecular formula is C19H17N3O4S. The molecule has 1 heterocycles. The van der Waals surface area contributed by atoms with E-state index in [0.717, 1.165) is 11.8 Å². The Morgan fingerprint density at radius 2 is 1.74 bits per heavy atom. The normalized spacial score (nSPS) is 11.0. The van der Waals surface area contributed by atoms with Crippen LogP contribution in [0.5, 0.6) is 5.75 Å². The molecule has 2 aromatic carbocycles. The van der Waals surface area contributed by atoms with Gasteiger partial charge in [0, 0.05) is 23.1 Å². The Morgan fingerprint density at radius 1 is 1.00 bits per heavy atom. The van der Waals surface area contributed by atoms with Gasteiger partial charge in [-0.25, -0.2) is 8.42 Å². The van der Waals surface area contributed by atoms with Gasteiger partial charge >= 0.3 is 0 Å². The fourth-order valence-corrected chi connectivity index (χ4v) is 2.87. The summed E-state index contributed by atoms with van der Waals surface area (Å²) in [6, 6.07) is 16.9. The van der Waals surface area contributed by atoms with E-state index in [0.29, 0.717) is 22.7 Å². The molecule has 0 fully saturated rings. The zero-order valence-corrected chi connectivity index (χ0v) is 15.5. The lowest BCUT2D eigenvalue weighted by Gasteiger charge is -2.08. The first-order chi connectivity index (χ1) is 12.9. The van der Waals surface area contributed by atoms with Crippen LogP contribution in [0.15, 0.2) is 65.7 Å². The first-order valence-corrected chi connectivity index (χ1v) is 9.85. The van der Waals surface area contributed by atoms with Crippen molar-refractivity contribution in [3.63, 3.8) is 0 Å². The molecule has 0 aliphatic heterocycles. The Morgan fingerprint density at radius 3 is 2.33 bits per heavy atom. The van der Waals surface area contributed by atoms with Gasteiger partial charge in [0.25, 0.3) is 5.91 Å². The number of amides is 1. The number of nitrogens with zero attached hydrogens (tertiary/aromatic N) is 2. The van der Waals surface area contributed by atoms with Crippen molar-refractivity contribution in [1.29, 1.82) is 0 Å². The van der Waals surface area contributed by atoms with Crippen molar-refractivity contribution in [2.45, 2.75) is 5.03 Å². The lowest BCUT2D eigenvalue weighted by atomic mass is 10.1. The van der Waals surface area contributed by atoms with Crippen molar-refractivity contribution in [2.75, 3.05) is 18.7 Å². The second kappa shape index (κ2) is 7.55. The molecule has 0 aliphatic carbocycles. The average molecular weight is 383 g/mol. The van der Waals surface area contributed by atoms with Crippen molar-refractivity contribution < 1.29 is 17.9 Å². The molecule has 3 rings (SSSR count). The number of hydrogen-bond donors (Lipinski definition) is 1. The van der Waals surface area contributed by atoms with Gasteiger partial charge in [0.1, 0.15) is 5.75 Å². The van der Waals surface area contributed by atoms with Gasteiger partial charge < -0.3 is 10.1 Å². The second-order valence-electron chi connectivity index (χ2n) is 5.79. The maximum absolute atomic E-state index is 12.3. The Labute approximate surface area is 156 Å². The van der Waals surface area contributed by atoms with Crippen LogP contribution >= 0.6 is 0 Å². The third-order valence-electron chi connectivity index (χ3n) is 3.79. The number of nitrogens with one attached hydrogen (secondary N) is 1. The highest BCUT2D eigenvalue weighted by Crippen LogP contribution is 2.21. The standard InChI is InChI=1S/C19H17N3O4S/c1-26-16-5-3-4-14(12-16)19(23)20-15-8-6-13(7-9-15)17-10-11-18(22-21-17)27(2,24)25/h3-12H,1-2H3,(H,20,23). The molecule has 0 saturated heterocycles. The van der Waals surface area contributed by atoms with E-state index in [1.807, 2.05) is 0 Å². The van der Waals surface area contributed by atoms with Crippen LogP contribution in [0.2, 0.25) is 0 Å². The van der Waals surface area contributed by atoms with Gasteiger partial charge in [-0.3, -0.25) is 4.79 Å². The summed E-state index contributed by atoms with van der Waals surface area (Å²) >= 11 is 0. The molecule has 0 radical (unpaired) electrons. The van der Waals surface area contributed by atoms with Crippen LogP contribution in [0.3, 0.4) is 0 Å². The zero-order chi connectivity index (χ0) is 19.4. The molecule has 0 unspecified atom stereocenters. The Balaban J connectivity index is 1.74. The predicted octanol–water partition coefficient (Wildman–Crippen LogP) is 2.81. The fourth-order valence-electron chi connectivity index (χ4n) is 2.36. The third-order valence-corrected chi connectivity index (χ3v) is 4.77. The van der Waals surface area contributed by atoms with Crippen molar-refractivity contribution in [1.82, 2.24) is 10.2 Å². The highest BCUT2D eigenvalue weighted by Gasteiger charge is 2.11. The van der Waals surface area contributed by atoms with E-state index in [2.05, 4.69) is 15.5 Å². The minimum atomic E-state index is -3.38. The van der Waals surface area contributed by atoms with Gasteiger partial charge in [-0.1, -0.05) is 18.2 Å². The highest BCUT2D eigenvalue weighted by atomic mass is 32.2. The number of methoxy groups -OCH3 is 1. The lowest BCUT2D eigenvalue weighted by Crippen LogP contribution is -2.11. The average Bonchev–Trinajstić information content (AvgIpc) is 2.68. The number of sulfone groups is 1. The zero-order valence-electron chi connectivity index (χ0n) is 14.7. The number of hydrogen-bond acceptors (Lipinski definition) is 6. The largest absolute Gasteiger partial charge is 0.497 e. The molecule has 27 heavy (non-hydrogen) atoms. The number of ether oxygens (including phenoxy) is 1. The summed E-state index contributed by atoms with van der Waals surface area (Å²) in [4.78, 5) is 12.3. The maximum Gasteiger partial charge on any atom is 0.255 e. The first-order valence-electron chi connectivity index (χ1n) is 7.96. The van der Waals surface area contributed by atoms with E-state index in [9.17, 15) is 13.2 Å². The molecule has 1 aromatic heterocycles. The van der Waals surface area contributed by atoms with Gasteiger partial charge in [0.15, 0.2) is 14.9 Å². The molecule has 0 saturated carbocycles. The summed E-state index contributed by atoms with van der Waals surface area (Å²) in [5, 5.41) is 10.4. The van der Waals surface area contributed by atoms with Gasteiger partial charge in [0.05, 0.1) is 12.8 Å². The van der Waals surface area contributed by atoms with Crippen molar-refractivity contribution in [3.8, 4) is 17.0 Å². The monoisotopic (exact) mass is 383 g/mol. The topological polar surface area (TPSA) is 98.2 Å². The number of carbonyl (C=O) groups excluding carboxylic acids is 1. The molecule has 138 valence electrons. The second-order valence-corrected chi connectivity index (χ2v) is 7.76. The molecule has 1 N–H and O–H groups in total. The molecule has 0 bridgehead atoms. The SMILES string of the molecule is COc1cccc(C(=O)Nc2ccc(-c3ccc(S(C)(=O)=O)nn3)cc2)c1. The predicted molar refractivity (Wildman–Crippen MR) is 102 cm³/mol. The number of carbonyl (C=O) groups is 1. The highest BCUT2D eigenvalue weighted by molar-refractivity contribution is 7.90. The summed E-state index contributed by atoms with van der Waals surface area (Å²) in [5.41, 5.74) is 2.39. The molecule has 0 atom stereocenters. The van der Waals surface area contributed by atoms with Gasteiger partial charge in [-0.2, -0.15) is 0 Å². The van der Waals surface area contributed by atoms with Crippen LogP contribution in [0.1, 0.15) is 10.4 Å². The van der Waals surface area contributed by atoms with Crippen LogP contribution in [-0.4, -0.2) is 37.9 Å². The molecule has 7 nitrogen and oxygen atoms in total. The van der Waals surface area contributed by atoms with Crippen LogP contribution in [0, 0.1) is 0 Å². The minimum Gasteiger partial charge on any atom is -0.497 e. The van der Waals surface area contributed by atoms with Crippen molar-refractivity contribution in [3.05, 3.63) is 66.2 Å². The molecule has 0 aliphatic rings. The minimum absolute atomic E-state index is 0.0755. The van der Waals surface area contributed by atoms with Gasteiger partial charge in [-0.05, 0) is 42.5 Å². The molecular weight excluding hydrogens is 366 g/mol. The summed E-state index contributed by atoms with van der Waals surface area (Å²) in [7, 11) is -1.84. The fraction of sp³-hybridized carbons (Fsp3) is 0.105. The van der Waals surface area contributed by atoms with E-state index < -0.39 is 9.84 Å². The number of rotatable bonds is 5. The van der Waals surface area contributed by atoms with Crippen molar-refractivity contribution >= 4 is 21.4 Å². The Hall–Kier alpha value is -3.26. The van der Waals surface area contributed by atoms with Crippen LogP contribution in [0.25, 0.3) is 11.3 Å². The van der Waals surface area contributed by atoms with E-state index in [4.69, 9.17) is 4.74 Å². The molecule has 8 heteroatoms. The quantitative estimate of drug-likeness (QED) is 0.727. The van der Waals surface area contributed by atoms with Crippen LogP contribution < -0.4 is 10.1 Å². The number of aromatic nitrogens is 2. The first kappa shape index (κ1) is 18.5. The smallest absolute Gasteiger partial charge is 0.255 e. The maximum atomic E-state index is 12.3. The van der Waals surface area contributed by atoms with E-state index >= 15 is 0 Å². The summed E-state index contributed by atoms with van der Waals surface area (Å²) in [5.74, 6) is 0.355. The van der Waals surface area contributed by atoms with E-state index in [1.54, 1.807) is 61.7 Å². The molecule has 1 amide bonds. The molecule has 3 aromatic rings. The number of benzene rings is 2.